The standard InChI is InChI=1S/C34H37FN4O3S/c1-6-7-16-41-32(40)30-24(5)36-33-37-34(43-20-26-10-8-9-11-29(26)35)38-39(33)31(30)25-12-14-28(15-13-25)42-19-27-18-22(3)21(2)17-23(27)4/h8-15,17-18,31H,6-7,16,19-20H2,1-5H3,(H,36,37,38). The van der Waals surface area contributed by atoms with E-state index in [2.05, 4.69) is 50.1 Å². The second-order valence-corrected chi connectivity index (χ2v) is 11.8. The molecule has 0 spiro atoms. The molecular weight excluding hydrogens is 563 g/mol. The first-order chi connectivity index (χ1) is 20.7. The van der Waals surface area contributed by atoms with Gasteiger partial charge >= 0.3 is 5.97 Å². The summed E-state index contributed by atoms with van der Waals surface area (Å²) in [5.41, 5.74) is 7.39. The van der Waals surface area contributed by atoms with Crippen LogP contribution in [0, 0.1) is 26.6 Å². The molecule has 2 heterocycles. The first-order valence-electron chi connectivity index (χ1n) is 14.5. The van der Waals surface area contributed by atoms with Crippen molar-refractivity contribution < 1.29 is 18.7 Å². The van der Waals surface area contributed by atoms with Gasteiger partial charge in [-0.2, -0.15) is 4.98 Å². The van der Waals surface area contributed by atoms with Crippen LogP contribution in [0.2, 0.25) is 0 Å². The summed E-state index contributed by atoms with van der Waals surface area (Å²) in [6.07, 6.45) is 1.71. The molecular formula is C34H37FN4O3S. The third-order valence-corrected chi connectivity index (χ3v) is 8.53. The molecule has 43 heavy (non-hydrogen) atoms. The molecule has 0 fully saturated rings. The van der Waals surface area contributed by atoms with Gasteiger partial charge < -0.3 is 14.8 Å². The monoisotopic (exact) mass is 600 g/mol. The highest BCUT2D eigenvalue weighted by Crippen LogP contribution is 2.38. The number of carbonyl (C=O) groups is 1. The molecule has 0 bridgehead atoms. The predicted octanol–water partition coefficient (Wildman–Crippen LogP) is 7.85. The minimum atomic E-state index is -0.559. The molecule has 0 saturated heterocycles. The number of hydrogen-bond acceptors (Lipinski definition) is 7. The molecule has 4 aromatic rings. The Bertz CT molecular complexity index is 1650. The van der Waals surface area contributed by atoms with Gasteiger partial charge in [-0.25, -0.2) is 13.9 Å². The van der Waals surface area contributed by atoms with Crippen molar-refractivity contribution in [2.24, 2.45) is 0 Å². The van der Waals surface area contributed by atoms with Crippen LogP contribution in [-0.2, 0) is 21.9 Å². The topological polar surface area (TPSA) is 78.3 Å². The van der Waals surface area contributed by atoms with Gasteiger partial charge in [0.2, 0.25) is 11.1 Å². The lowest BCUT2D eigenvalue weighted by Crippen LogP contribution is -2.29. The molecule has 1 N–H and O–H groups in total. The van der Waals surface area contributed by atoms with Crippen LogP contribution in [0.15, 0.2) is 77.1 Å². The van der Waals surface area contributed by atoms with Crippen LogP contribution in [-0.4, -0.2) is 27.3 Å². The van der Waals surface area contributed by atoms with Gasteiger partial charge in [-0.3, -0.25) is 0 Å². The van der Waals surface area contributed by atoms with Crippen LogP contribution < -0.4 is 10.1 Å². The maximum Gasteiger partial charge on any atom is 0.338 e. The molecule has 9 heteroatoms. The van der Waals surface area contributed by atoms with Crippen LogP contribution in [0.3, 0.4) is 0 Å². The van der Waals surface area contributed by atoms with Gasteiger partial charge in [-0.1, -0.05) is 67.6 Å². The highest BCUT2D eigenvalue weighted by Gasteiger charge is 2.35. The zero-order valence-electron chi connectivity index (χ0n) is 25.2. The number of thioether (sulfide) groups is 1. The number of nitrogens with one attached hydrogen (secondary N) is 1. The van der Waals surface area contributed by atoms with E-state index in [0.717, 1.165) is 29.7 Å². The van der Waals surface area contributed by atoms with E-state index in [4.69, 9.17) is 14.6 Å². The van der Waals surface area contributed by atoms with Crippen molar-refractivity contribution in [3.63, 3.8) is 0 Å². The van der Waals surface area contributed by atoms with Crippen LogP contribution in [0.4, 0.5) is 10.3 Å². The Hall–Kier alpha value is -4.11. The number of fused-ring (bicyclic) bond motifs is 1. The summed E-state index contributed by atoms with van der Waals surface area (Å²) in [6.45, 7) is 11.0. The van der Waals surface area contributed by atoms with E-state index in [1.54, 1.807) is 16.8 Å². The lowest BCUT2D eigenvalue weighted by Gasteiger charge is -2.28. The average molecular weight is 601 g/mol. The summed E-state index contributed by atoms with van der Waals surface area (Å²) < 4.78 is 27.7. The van der Waals surface area contributed by atoms with Crippen molar-refractivity contribution in [2.75, 3.05) is 11.9 Å². The third kappa shape index (κ3) is 6.94. The number of rotatable bonds is 11. The smallest absolute Gasteiger partial charge is 0.338 e. The molecule has 224 valence electrons. The maximum absolute atomic E-state index is 14.2. The second-order valence-electron chi connectivity index (χ2n) is 10.8. The molecule has 0 amide bonds. The van der Waals surface area contributed by atoms with E-state index in [1.807, 2.05) is 37.3 Å². The van der Waals surface area contributed by atoms with Gasteiger partial charge in [0.25, 0.3) is 0 Å². The lowest BCUT2D eigenvalue weighted by molar-refractivity contribution is -0.139. The summed E-state index contributed by atoms with van der Waals surface area (Å²) in [4.78, 5) is 18.1. The van der Waals surface area contributed by atoms with Crippen molar-refractivity contribution in [3.05, 3.63) is 111 Å². The van der Waals surface area contributed by atoms with Crippen molar-refractivity contribution in [3.8, 4) is 5.75 Å². The second kappa shape index (κ2) is 13.5. The van der Waals surface area contributed by atoms with Gasteiger partial charge in [0, 0.05) is 11.4 Å². The lowest BCUT2D eigenvalue weighted by atomic mass is 9.95. The molecule has 7 nitrogen and oxygen atoms in total. The molecule has 3 aromatic carbocycles. The Balaban J connectivity index is 1.41. The van der Waals surface area contributed by atoms with Crippen molar-refractivity contribution in [2.45, 2.75) is 71.0 Å². The number of nitrogens with zero attached hydrogens (tertiary/aromatic N) is 3. The quantitative estimate of drug-likeness (QED) is 0.107. The zero-order chi connectivity index (χ0) is 30.5. The number of halogens is 1. The highest BCUT2D eigenvalue weighted by atomic mass is 32.2. The molecule has 1 unspecified atom stereocenters. The van der Waals surface area contributed by atoms with E-state index in [1.165, 1.54) is 34.5 Å². The van der Waals surface area contributed by atoms with Crippen LogP contribution in [0.1, 0.15) is 66.1 Å². The van der Waals surface area contributed by atoms with E-state index < -0.39 is 12.0 Å². The summed E-state index contributed by atoms with van der Waals surface area (Å²) in [5.74, 6) is 0.956. The van der Waals surface area contributed by atoms with E-state index in [-0.39, 0.29) is 5.82 Å². The van der Waals surface area contributed by atoms with Crippen LogP contribution >= 0.6 is 11.8 Å². The fraction of sp³-hybridized carbons (Fsp3) is 0.324. The largest absolute Gasteiger partial charge is 0.489 e. The molecule has 0 saturated carbocycles. The van der Waals surface area contributed by atoms with Gasteiger partial charge in [0.05, 0.1) is 12.2 Å². The number of aryl methyl sites for hydroxylation is 3. The Morgan fingerprint density at radius 2 is 1.74 bits per heavy atom. The number of unbranched alkanes of at least 4 members (excludes halogenated alkanes) is 1. The molecule has 0 aliphatic carbocycles. The Morgan fingerprint density at radius 3 is 2.49 bits per heavy atom. The molecule has 5 rings (SSSR count). The van der Waals surface area contributed by atoms with Crippen LogP contribution in [0.5, 0.6) is 5.75 Å². The number of allylic oxidation sites excluding steroid dienone is 1. The Labute approximate surface area is 256 Å². The van der Waals surface area contributed by atoms with E-state index in [0.29, 0.717) is 46.9 Å². The predicted molar refractivity (Wildman–Crippen MR) is 168 cm³/mol. The Morgan fingerprint density at radius 1 is 1.00 bits per heavy atom. The van der Waals surface area contributed by atoms with Crippen molar-refractivity contribution >= 4 is 23.7 Å². The molecule has 0 radical (unpaired) electrons. The number of anilines is 1. The van der Waals surface area contributed by atoms with E-state index >= 15 is 0 Å². The van der Waals surface area contributed by atoms with Gasteiger partial charge in [0.15, 0.2) is 0 Å². The molecule has 1 aliphatic rings. The first kappa shape index (κ1) is 30.4. The minimum Gasteiger partial charge on any atom is -0.489 e. The molecule has 1 atom stereocenters. The van der Waals surface area contributed by atoms with Crippen molar-refractivity contribution in [1.82, 2.24) is 14.8 Å². The molecule has 1 aromatic heterocycles. The molecule has 1 aliphatic heterocycles. The number of ether oxygens (including phenoxy) is 2. The SMILES string of the molecule is CCCCOC(=O)C1=C(C)Nc2nc(SCc3ccccc3F)nn2C1c1ccc(OCc2cc(C)c(C)cc2C)cc1. The third-order valence-electron chi connectivity index (χ3n) is 7.64. The van der Waals surface area contributed by atoms with Crippen molar-refractivity contribution in [1.29, 1.82) is 0 Å². The van der Waals surface area contributed by atoms with Gasteiger partial charge in [-0.05, 0) is 85.7 Å². The number of hydrogen-bond donors (Lipinski definition) is 1. The first-order valence-corrected chi connectivity index (χ1v) is 15.5. The minimum absolute atomic E-state index is 0.264. The fourth-order valence-corrected chi connectivity index (χ4v) is 5.81. The number of benzene rings is 3. The van der Waals surface area contributed by atoms with Crippen LogP contribution in [0.25, 0.3) is 0 Å². The fourth-order valence-electron chi connectivity index (χ4n) is 4.99. The average Bonchev–Trinajstić information content (AvgIpc) is 3.40. The summed E-state index contributed by atoms with van der Waals surface area (Å²) >= 11 is 1.34. The number of aromatic nitrogens is 3. The number of esters is 1. The summed E-state index contributed by atoms with van der Waals surface area (Å²) in [7, 11) is 0. The summed E-state index contributed by atoms with van der Waals surface area (Å²) in [6, 6.07) is 18.2. The normalized spacial score (nSPS) is 14.3. The zero-order valence-corrected chi connectivity index (χ0v) is 26.1. The summed E-state index contributed by atoms with van der Waals surface area (Å²) in [5, 5.41) is 8.46. The Kier molecular flexibility index (Phi) is 9.50. The van der Waals surface area contributed by atoms with E-state index in [9.17, 15) is 9.18 Å². The van der Waals surface area contributed by atoms with Gasteiger partial charge in [-0.15, -0.1) is 5.10 Å². The van der Waals surface area contributed by atoms with Gasteiger partial charge in [0.1, 0.15) is 24.2 Å². The highest BCUT2D eigenvalue weighted by molar-refractivity contribution is 7.98. The number of carbonyl (C=O) groups excluding carboxylic acids is 1. The maximum atomic E-state index is 14.2.